The van der Waals surface area contributed by atoms with Crippen molar-refractivity contribution in [3.05, 3.63) is 59.2 Å². The molecule has 0 spiro atoms. The number of hydrogen-bond donors (Lipinski definition) is 1. The fourth-order valence-electron chi connectivity index (χ4n) is 4.18. The molecule has 1 aliphatic heterocycles. The molecule has 1 saturated heterocycles. The molecule has 1 unspecified atom stereocenters. The van der Waals surface area contributed by atoms with Gasteiger partial charge in [0.15, 0.2) is 17.3 Å². The standard InChI is InChI=1S/C25H27N3O5/c1-25(2,3)33-24(32)28-13-11-27(12-14-28)16-9-7-15(8-10-16)21(29)20-22(30)17-5-4-6-18(26)19(17)23(20)31/h4-10,20H,11-14,26H2,1-3H3. The Balaban J connectivity index is 1.42. The van der Waals surface area contributed by atoms with Gasteiger partial charge in [0.2, 0.25) is 0 Å². The highest BCUT2D eigenvalue weighted by molar-refractivity contribution is 6.39. The second kappa shape index (κ2) is 8.35. The van der Waals surface area contributed by atoms with Gasteiger partial charge in [-0.1, -0.05) is 12.1 Å². The smallest absolute Gasteiger partial charge is 0.410 e. The fourth-order valence-corrected chi connectivity index (χ4v) is 4.18. The monoisotopic (exact) mass is 449 g/mol. The molecule has 2 aromatic carbocycles. The van der Waals surface area contributed by atoms with Crippen LogP contribution in [0.4, 0.5) is 16.2 Å². The number of fused-ring (bicyclic) bond motifs is 1. The summed E-state index contributed by atoms with van der Waals surface area (Å²) in [7, 11) is 0. The number of benzene rings is 2. The average Bonchev–Trinajstić information content (AvgIpc) is 3.03. The molecule has 8 heteroatoms. The van der Waals surface area contributed by atoms with E-state index in [0.29, 0.717) is 31.7 Å². The Morgan fingerprint density at radius 1 is 0.939 bits per heavy atom. The minimum absolute atomic E-state index is 0.139. The summed E-state index contributed by atoms with van der Waals surface area (Å²) in [5.41, 5.74) is 7.07. The van der Waals surface area contributed by atoms with Crippen molar-refractivity contribution in [1.82, 2.24) is 4.90 Å². The molecule has 0 saturated carbocycles. The van der Waals surface area contributed by atoms with E-state index in [1.54, 1.807) is 41.3 Å². The molecule has 4 rings (SSSR count). The number of hydrogen-bond acceptors (Lipinski definition) is 7. The molecule has 172 valence electrons. The lowest BCUT2D eigenvalue weighted by Crippen LogP contribution is -2.50. The molecule has 2 N–H and O–H groups in total. The summed E-state index contributed by atoms with van der Waals surface area (Å²) < 4.78 is 5.43. The molecular weight excluding hydrogens is 422 g/mol. The highest BCUT2D eigenvalue weighted by Crippen LogP contribution is 2.33. The summed E-state index contributed by atoms with van der Waals surface area (Å²) in [4.78, 5) is 54.5. The van der Waals surface area contributed by atoms with Crippen LogP contribution in [0.15, 0.2) is 42.5 Å². The van der Waals surface area contributed by atoms with Gasteiger partial charge in [0.25, 0.3) is 0 Å². The van der Waals surface area contributed by atoms with Gasteiger partial charge in [0.05, 0.1) is 5.56 Å². The lowest BCUT2D eigenvalue weighted by atomic mass is 9.93. The van der Waals surface area contributed by atoms with Crippen LogP contribution >= 0.6 is 0 Å². The number of nitrogens with two attached hydrogens (primary N) is 1. The van der Waals surface area contributed by atoms with E-state index in [4.69, 9.17) is 10.5 Å². The number of ether oxygens (including phenoxy) is 1. The van der Waals surface area contributed by atoms with Crippen molar-refractivity contribution in [1.29, 1.82) is 0 Å². The number of anilines is 2. The Labute approximate surface area is 192 Å². The zero-order valence-corrected chi connectivity index (χ0v) is 19.0. The molecule has 1 atom stereocenters. The number of carbonyl (C=O) groups is 4. The average molecular weight is 450 g/mol. The van der Waals surface area contributed by atoms with Crippen molar-refractivity contribution in [3.8, 4) is 0 Å². The second-order valence-corrected chi connectivity index (χ2v) is 9.30. The van der Waals surface area contributed by atoms with Gasteiger partial charge in [0, 0.05) is 48.7 Å². The Hall–Kier alpha value is -3.68. The predicted molar refractivity (Wildman–Crippen MR) is 124 cm³/mol. The van der Waals surface area contributed by atoms with Crippen molar-refractivity contribution in [3.63, 3.8) is 0 Å². The van der Waals surface area contributed by atoms with Crippen LogP contribution in [0.2, 0.25) is 0 Å². The molecule has 1 amide bonds. The number of ketones is 3. The zero-order valence-electron chi connectivity index (χ0n) is 19.0. The van der Waals surface area contributed by atoms with Crippen LogP contribution in [0.5, 0.6) is 0 Å². The number of carbonyl (C=O) groups excluding carboxylic acids is 4. The van der Waals surface area contributed by atoms with E-state index in [1.165, 1.54) is 6.07 Å². The summed E-state index contributed by atoms with van der Waals surface area (Å²) in [5.74, 6) is -2.95. The van der Waals surface area contributed by atoms with Crippen molar-refractivity contribution >= 4 is 34.8 Å². The van der Waals surface area contributed by atoms with Gasteiger partial charge in [-0.05, 0) is 51.1 Å². The summed E-state index contributed by atoms with van der Waals surface area (Å²) in [6.07, 6.45) is -0.323. The Kier molecular flexibility index (Phi) is 5.69. The van der Waals surface area contributed by atoms with E-state index in [-0.39, 0.29) is 22.9 Å². The molecule has 0 aromatic heterocycles. The Morgan fingerprint density at radius 2 is 1.58 bits per heavy atom. The Morgan fingerprint density at radius 3 is 2.15 bits per heavy atom. The minimum atomic E-state index is -1.38. The number of nitrogen functional groups attached to an aromatic ring is 1. The number of amides is 1. The molecular formula is C25H27N3O5. The Bertz CT molecular complexity index is 1130. The van der Waals surface area contributed by atoms with Crippen LogP contribution in [0.1, 0.15) is 51.8 Å². The van der Waals surface area contributed by atoms with Gasteiger partial charge < -0.3 is 20.3 Å². The molecule has 1 fully saturated rings. The van der Waals surface area contributed by atoms with Crippen LogP contribution in [0.25, 0.3) is 0 Å². The highest BCUT2D eigenvalue weighted by Gasteiger charge is 2.44. The van der Waals surface area contributed by atoms with Gasteiger partial charge in [-0.2, -0.15) is 0 Å². The maximum absolute atomic E-state index is 13.0. The largest absolute Gasteiger partial charge is 0.444 e. The molecule has 2 aromatic rings. The fraction of sp³-hybridized carbons (Fsp3) is 0.360. The van der Waals surface area contributed by atoms with Crippen LogP contribution in [-0.4, -0.2) is 60.1 Å². The zero-order chi connectivity index (χ0) is 23.9. The SMILES string of the molecule is CC(C)(C)OC(=O)N1CCN(c2ccc(C(=O)C3C(=O)c4cccc(N)c4C3=O)cc2)CC1. The van der Waals surface area contributed by atoms with Gasteiger partial charge in [-0.3, -0.25) is 14.4 Å². The quantitative estimate of drug-likeness (QED) is 0.435. The molecule has 0 bridgehead atoms. The number of rotatable bonds is 3. The van der Waals surface area contributed by atoms with Gasteiger partial charge >= 0.3 is 6.09 Å². The molecule has 1 aliphatic carbocycles. The molecule has 2 aliphatic rings. The lowest BCUT2D eigenvalue weighted by molar-refractivity contribution is 0.0240. The maximum Gasteiger partial charge on any atom is 0.410 e. The van der Waals surface area contributed by atoms with Crippen LogP contribution in [0, 0.1) is 5.92 Å². The summed E-state index contributed by atoms with van der Waals surface area (Å²) in [6.45, 7) is 7.82. The topological polar surface area (TPSA) is 110 Å². The van der Waals surface area contributed by atoms with Crippen LogP contribution in [-0.2, 0) is 4.74 Å². The minimum Gasteiger partial charge on any atom is -0.444 e. The van der Waals surface area contributed by atoms with Gasteiger partial charge in [0.1, 0.15) is 11.5 Å². The first-order chi connectivity index (χ1) is 15.6. The summed E-state index contributed by atoms with van der Waals surface area (Å²) in [6, 6.07) is 11.5. The maximum atomic E-state index is 13.0. The normalized spacial score (nSPS) is 18.3. The first-order valence-electron chi connectivity index (χ1n) is 10.9. The first kappa shape index (κ1) is 22.5. The van der Waals surface area contributed by atoms with E-state index in [9.17, 15) is 19.2 Å². The van der Waals surface area contributed by atoms with Crippen molar-refractivity contribution in [2.45, 2.75) is 26.4 Å². The highest BCUT2D eigenvalue weighted by atomic mass is 16.6. The van der Waals surface area contributed by atoms with Crippen molar-refractivity contribution in [2.75, 3.05) is 36.8 Å². The van der Waals surface area contributed by atoms with Gasteiger partial charge in [-0.15, -0.1) is 0 Å². The van der Waals surface area contributed by atoms with Crippen molar-refractivity contribution in [2.24, 2.45) is 5.92 Å². The van der Waals surface area contributed by atoms with E-state index >= 15 is 0 Å². The van der Waals surface area contributed by atoms with E-state index in [0.717, 1.165) is 5.69 Å². The van der Waals surface area contributed by atoms with E-state index < -0.39 is 28.9 Å². The molecule has 33 heavy (non-hydrogen) atoms. The molecule has 0 radical (unpaired) electrons. The predicted octanol–water partition coefficient (Wildman–Crippen LogP) is 3.20. The van der Waals surface area contributed by atoms with Gasteiger partial charge in [-0.25, -0.2) is 4.79 Å². The lowest BCUT2D eigenvalue weighted by Gasteiger charge is -2.36. The third-order valence-corrected chi connectivity index (χ3v) is 5.84. The van der Waals surface area contributed by atoms with E-state index in [1.807, 2.05) is 20.8 Å². The number of nitrogens with zero attached hydrogens (tertiary/aromatic N) is 2. The summed E-state index contributed by atoms with van der Waals surface area (Å²) >= 11 is 0. The second-order valence-electron chi connectivity index (χ2n) is 9.30. The van der Waals surface area contributed by atoms with Crippen LogP contribution in [0.3, 0.4) is 0 Å². The third-order valence-electron chi connectivity index (χ3n) is 5.84. The number of Topliss-reactive ketones (excluding diaryl/α,β-unsaturated/α-hetero) is 3. The summed E-state index contributed by atoms with van der Waals surface area (Å²) in [5, 5.41) is 0. The van der Waals surface area contributed by atoms with E-state index in [2.05, 4.69) is 4.90 Å². The molecule has 1 heterocycles. The molecule has 8 nitrogen and oxygen atoms in total. The van der Waals surface area contributed by atoms with Crippen molar-refractivity contribution < 1.29 is 23.9 Å². The first-order valence-corrected chi connectivity index (χ1v) is 10.9. The number of piperazine rings is 1. The third kappa shape index (κ3) is 4.33. The van der Waals surface area contributed by atoms with Crippen LogP contribution < -0.4 is 10.6 Å².